The molecule has 0 unspecified atom stereocenters. The fraction of sp³-hybridized carbons (Fsp3) is 0.381. The molecule has 1 aromatic heterocycles. The quantitative estimate of drug-likeness (QED) is 0.735. The lowest BCUT2D eigenvalue weighted by atomic mass is 10.0. The Morgan fingerprint density at radius 3 is 2.60 bits per heavy atom. The highest BCUT2D eigenvalue weighted by atomic mass is 15.1. The van der Waals surface area contributed by atoms with Gasteiger partial charge < -0.3 is 5.32 Å². The van der Waals surface area contributed by atoms with Gasteiger partial charge in [0.1, 0.15) is 0 Å². The fourth-order valence-corrected chi connectivity index (χ4v) is 3.64. The summed E-state index contributed by atoms with van der Waals surface area (Å²) in [7, 11) is 0. The molecule has 4 nitrogen and oxygen atoms in total. The lowest BCUT2D eigenvalue weighted by molar-refractivity contribution is 0.211. The summed E-state index contributed by atoms with van der Waals surface area (Å²) in [6.07, 6.45) is 5.38. The number of fused-ring (bicyclic) bond motifs is 1. The van der Waals surface area contributed by atoms with Crippen molar-refractivity contribution < 1.29 is 0 Å². The molecular weight excluding hydrogens is 308 g/mol. The van der Waals surface area contributed by atoms with E-state index in [0.717, 1.165) is 37.0 Å². The van der Waals surface area contributed by atoms with Crippen LogP contribution >= 0.6 is 0 Å². The van der Waals surface area contributed by atoms with E-state index in [1.165, 1.54) is 29.7 Å². The minimum absolute atomic E-state index is 0.558. The Morgan fingerprint density at radius 2 is 1.84 bits per heavy atom. The second-order valence-electron chi connectivity index (χ2n) is 7.04. The van der Waals surface area contributed by atoms with E-state index >= 15 is 0 Å². The van der Waals surface area contributed by atoms with Gasteiger partial charge in [0.15, 0.2) is 0 Å². The van der Waals surface area contributed by atoms with E-state index in [0.29, 0.717) is 6.04 Å². The first kappa shape index (κ1) is 16.2. The monoisotopic (exact) mass is 334 g/mol. The molecule has 2 heterocycles. The average molecular weight is 334 g/mol. The summed E-state index contributed by atoms with van der Waals surface area (Å²) in [5.74, 6) is 0. The van der Waals surface area contributed by atoms with Crippen molar-refractivity contribution in [3.8, 4) is 0 Å². The normalized spacial score (nSPS) is 16.4. The summed E-state index contributed by atoms with van der Waals surface area (Å²) in [5, 5.41) is 12.0. The number of benzene rings is 2. The summed E-state index contributed by atoms with van der Waals surface area (Å²) in [6, 6.07) is 16.1. The summed E-state index contributed by atoms with van der Waals surface area (Å²) >= 11 is 0. The number of aromatic amines is 1. The lowest BCUT2D eigenvalue weighted by Gasteiger charge is -2.33. The van der Waals surface area contributed by atoms with Crippen LogP contribution in [-0.2, 0) is 13.0 Å². The maximum absolute atomic E-state index is 4.09. The number of rotatable bonds is 5. The molecule has 0 atom stereocenters. The summed E-state index contributed by atoms with van der Waals surface area (Å²) < 4.78 is 0. The first-order chi connectivity index (χ1) is 12.3. The first-order valence-corrected chi connectivity index (χ1v) is 9.30. The van der Waals surface area contributed by atoms with Crippen molar-refractivity contribution in [2.75, 3.05) is 18.4 Å². The molecule has 0 amide bonds. The Kier molecular flexibility index (Phi) is 4.70. The number of aryl methyl sites for hydroxylation is 1. The second kappa shape index (κ2) is 7.28. The molecule has 2 aromatic carbocycles. The maximum atomic E-state index is 4.09. The molecule has 0 aliphatic carbocycles. The Hall–Kier alpha value is -2.33. The van der Waals surface area contributed by atoms with Gasteiger partial charge in [-0.25, -0.2) is 0 Å². The lowest BCUT2D eigenvalue weighted by Crippen LogP contribution is -2.38. The SMILES string of the molecule is CCc1ccc(CN2CCC(Nc3ccc4[nH]ncc4c3)CC2)cc1. The fourth-order valence-electron chi connectivity index (χ4n) is 3.64. The van der Waals surface area contributed by atoms with Crippen LogP contribution < -0.4 is 5.32 Å². The molecule has 1 saturated heterocycles. The van der Waals surface area contributed by atoms with Crippen LogP contribution in [0, 0.1) is 0 Å². The van der Waals surface area contributed by atoms with Gasteiger partial charge in [-0.3, -0.25) is 10.00 Å². The number of likely N-dealkylation sites (tertiary alicyclic amines) is 1. The molecule has 0 spiro atoms. The summed E-state index contributed by atoms with van der Waals surface area (Å²) in [6.45, 7) is 5.58. The van der Waals surface area contributed by atoms with Crippen LogP contribution in [0.15, 0.2) is 48.7 Å². The van der Waals surface area contributed by atoms with Crippen molar-refractivity contribution in [1.82, 2.24) is 15.1 Å². The molecule has 4 heteroatoms. The molecular formula is C21H26N4. The molecule has 1 aliphatic heterocycles. The molecule has 130 valence electrons. The predicted molar refractivity (Wildman–Crippen MR) is 104 cm³/mol. The number of nitrogens with one attached hydrogen (secondary N) is 2. The highest BCUT2D eigenvalue weighted by Crippen LogP contribution is 2.21. The third-order valence-electron chi connectivity index (χ3n) is 5.24. The third kappa shape index (κ3) is 3.85. The zero-order valence-electron chi connectivity index (χ0n) is 14.8. The van der Waals surface area contributed by atoms with Crippen LogP contribution in [-0.4, -0.2) is 34.2 Å². The van der Waals surface area contributed by atoms with Crippen molar-refractivity contribution >= 4 is 16.6 Å². The van der Waals surface area contributed by atoms with Gasteiger partial charge >= 0.3 is 0 Å². The number of aromatic nitrogens is 2. The second-order valence-corrected chi connectivity index (χ2v) is 7.04. The molecule has 0 radical (unpaired) electrons. The summed E-state index contributed by atoms with van der Waals surface area (Å²) in [5.41, 5.74) is 5.13. The molecule has 1 fully saturated rings. The molecule has 2 N–H and O–H groups in total. The van der Waals surface area contributed by atoms with Gasteiger partial charge in [-0.1, -0.05) is 31.2 Å². The van der Waals surface area contributed by atoms with E-state index in [-0.39, 0.29) is 0 Å². The van der Waals surface area contributed by atoms with Gasteiger partial charge in [0, 0.05) is 36.7 Å². The molecule has 3 aromatic rings. The number of nitrogens with zero attached hydrogens (tertiary/aromatic N) is 2. The minimum Gasteiger partial charge on any atom is -0.382 e. The maximum Gasteiger partial charge on any atom is 0.0651 e. The van der Waals surface area contributed by atoms with Crippen molar-refractivity contribution in [2.24, 2.45) is 0 Å². The van der Waals surface area contributed by atoms with Crippen LogP contribution in [0.1, 0.15) is 30.9 Å². The zero-order valence-corrected chi connectivity index (χ0v) is 14.8. The topological polar surface area (TPSA) is 44.0 Å². The average Bonchev–Trinajstić information content (AvgIpc) is 3.12. The third-order valence-corrected chi connectivity index (χ3v) is 5.24. The van der Waals surface area contributed by atoms with Crippen molar-refractivity contribution in [2.45, 2.75) is 38.8 Å². The number of H-pyrrole nitrogens is 1. The van der Waals surface area contributed by atoms with Gasteiger partial charge in [-0.15, -0.1) is 0 Å². The minimum atomic E-state index is 0.558. The van der Waals surface area contributed by atoms with Crippen LogP contribution in [0.4, 0.5) is 5.69 Å². The van der Waals surface area contributed by atoms with Crippen LogP contribution in [0.5, 0.6) is 0 Å². The van der Waals surface area contributed by atoms with E-state index in [1.54, 1.807) is 0 Å². The molecule has 4 rings (SSSR count). The number of hydrogen-bond donors (Lipinski definition) is 2. The van der Waals surface area contributed by atoms with E-state index in [2.05, 4.69) is 69.8 Å². The number of anilines is 1. The van der Waals surface area contributed by atoms with Crippen molar-refractivity contribution in [1.29, 1.82) is 0 Å². The number of hydrogen-bond acceptors (Lipinski definition) is 3. The molecule has 0 bridgehead atoms. The van der Waals surface area contributed by atoms with E-state index < -0.39 is 0 Å². The van der Waals surface area contributed by atoms with Crippen LogP contribution in [0.25, 0.3) is 10.9 Å². The molecule has 25 heavy (non-hydrogen) atoms. The van der Waals surface area contributed by atoms with Crippen molar-refractivity contribution in [3.05, 3.63) is 59.8 Å². The Balaban J connectivity index is 1.30. The van der Waals surface area contributed by atoms with Gasteiger partial charge in [0.25, 0.3) is 0 Å². The van der Waals surface area contributed by atoms with Gasteiger partial charge in [0.05, 0.1) is 11.7 Å². The Labute approximate surface area is 149 Å². The Bertz CT molecular complexity index is 813. The molecule has 0 saturated carbocycles. The van der Waals surface area contributed by atoms with Crippen LogP contribution in [0.3, 0.4) is 0 Å². The Morgan fingerprint density at radius 1 is 1.08 bits per heavy atom. The zero-order chi connectivity index (χ0) is 17.1. The van der Waals surface area contributed by atoms with Gasteiger partial charge in [0.2, 0.25) is 0 Å². The predicted octanol–water partition coefficient (Wildman–Crippen LogP) is 4.20. The summed E-state index contributed by atoms with van der Waals surface area (Å²) in [4.78, 5) is 2.57. The molecule has 1 aliphatic rings. The van der Waals surface area contributed by atoms with Crippen LogP contribution in [0.2, 0.25) is 0 Å². The first-order valence-electron chi connectivity index (χ1n) is 9.30. The smallest absolute Gasteiger partial charge is 0.0651 e. The number of piperidine rings is 1. The standard InChI is InChI=1S/C21H26N4/c1-2-16-3-5-17(6-4-16)15-25-11-9-19(10-12-25)23-20-7-8-21-18(13-20)14-22-24-21/h3-8,13-14,19,23H,2,9-12,15H2,1H3,(H,22,24). The highest BCUT2D eigenvalue weighted by Gasteiger charge is 2.19. The van der Waals surface area contributed by atoms with E-state index in [9.17, 15) is 0 Å². The van der Waals surface area contributed by atoms with Gasteiger partial charge in [-0.05, 0) is 48.6 Å². The highest BCUT2D eigenvalue weighted by molar-refractivity contribution is 5.81. The largest absolute Gasteiger partial charge is 0.382 e. The van der Waals surface area contributed by atoms with Gasteiger partial charge in [-0.2, -0.15) is 5.10 Å². The van der Waals surface area contributed by atoms with E-state index in [4.69, 9.17) is 0 Å². The van der Waals surface area contributed by atoms with Crippen molar-refractivity contribution in [3.63, 3.8) is 0 Å². The van der Waals surface area contributed by atoms with E-state index in [1.807, 2.05) is 6.20 Å².